The van der Waals surface area contributed by atoms with E-state index >= 15 is 0 Å². The molecule has 0 amide bonds. The second kappa shape index (κ2) is 10.8. The Bertz CT molecular complexity index is 764. The number of benzene rings is 2. The Morgan fingerprint density at radius 2 is 1.53 bits per heavy atom. The van der Waals surface area contributed by atoms with Crippen LogP contribution in [-0.2, 0) is 13.2 Å². The van der Waals surface area contributed by atoms with E-state index in [1.807, 2.05) is 24.3 Å². The first-order valence-electron chi connectivity index (χ1n) is 11.6. The fraction of sp³-hybridized carbons (Fsp3) is 0.538. The van der Waals surface area contributed by atoms with Gasteiger partial charge in [0.15, 0.2) is 11.5 Å². The van der Waals surface area contributed by atoms with Crippen LogP contribution in [0.15, 0.2) is 48.5 Å². The predicted octanol–water partition coefficient (Wildman–Crippen LogP) is 5.11. The maximum atomic E-state index is 6.10. The lowest BCUT2D eigenvalue weighted by molar-refractivity contribution is 0.107. The van der Waals surface area contributed by atoms with Crippen molar-refractivity contribution in [2.75, 3.05) is 33.3 Å². The number of rotatable bonds is 7. The van der Waals surface area contributed by atoms with Gasteiger partial charge in [-0.15, -0.1) is 0 Å². The number of piperidine rings is 1. The van der Waals surface area contributed by atoms with Crippen LogP contribution in [0.1, 0.15) is 49.7 Å². The summed E-state index contributed by atoms with van der Waals surface area (Å²) in [7, 11) is 1.71. The summed E-state index contributed by atoms with van der Waals surface area (Å²) in [5, 5.41) is 0. The molecule has 2 aromatic rings. The molecule has 0 bridgehead atoms. The van der Waals surface area contributed by atoms with Gasteiger partial charge in [0.25, 0.3) is 0 Å². The first kappa shape index (κ1) is 21.2. The highest BCUT2D eigenvalue weighted by Crippen LogP contribution is 2.30. The molecule has 4 nitrogen and oxygen atoms in total. The molecular formula is C26H36N2O2. The smallest absolute Gasteiger partial charge is 0.161 e. The number of methoxy groups -OCH3 is 1. The van der Waals surface area contributed by atoms with Crippen molar-refractivity contribution in [3.63, 3.8) is 0 Å². The molecule has 30 heavy (non-hydrogen) atoms. The zero-order valence-electron chi connectivity index (χ0n) is 18.4. The van der Waals surface area contributed by atoms with Crippen molar-refractivity contribution in [1.29, 1.82) is 0 Å². The molecule has 162 valence electrons. The van der Waals surface area contributed by atoms with Crippen LogP contribution >= 0.6 is 0 Å². The minimum absolute atomic E-state index is 0.557. The van der Waals surface area contributed by atoms with E-state index in [-0.39, 0.29) is 0 Å². The molecule has 0 aromatic heterocycles. The van der Waals surface area contributed by atoms with Crippen LogP contribution in [0, 0.1) is 0 Å². The third-order valence-electron chi connectivity index (χ3n) is 6.59. The van der Waals surface area contributed by atoms with Crippen molar-refractivity contribution in [1.82, 2.24) is 9.80 Å². The summed E-state index contributed by atoms with van der Waals surface area (Å²) in [6.07, 6.45) is 8.21. The monoisotopic (exact) mass is 408 g/mol. The molecule has 0 radical (unpaired) electrons. The Morgan fingerprint density at radius 1 is 0.800 bits per heavy atom. The van der Waals surface area contributed by atoms with Crippen LogP contribution in [0.3, 0.4) is 0 Å². The van der Waals surface area contributed by atoms with Gasteiger partial charge in [0.2, 0.25) is 0 Å². The van der Waals surface area contributed by atoms with E-state index in [4.69, 9.17) is 9.47 Å². The van der Waals surface area contributed by atoms with Crippen LogP contribution in [-0.4, -0.2) is 49.1 Å². The van der Waals surface area contributed by atoms with Crippen molar-refractivity contribution in [3.8, 4) is 11.5 Å². The first-order chi connectivity index (χ1) is 14.8. The largest absolute Gasteiger partial charge is 0.493 e. The fourth-order valence-electron chi connectivity index (χ4n) is 4.83. The number of likely N-dealkylation sites (tertiary alicyclic amines) is 2. The van der Waals surface area contributed by atoms with Gasteiger partial charge in [0, 0.05) is 12.6 Å². The summed E-state index contributed by atoms with van der Waals surface area (Å²) in [6, 6.07) is 17.5. The zero-order chi connectivity index (χ0) is 20.6. The van der Waals surface area contributed by atoms with Crippen LogP contribution in [0.25, 0.3) is 0 Å². The lowest BCUT2D eigenvalue weighted by Gasteiger charge is -2.38. The molecule has 4 heteroatoms. The van der Waals surface area contributed by atoms with Gasteiger partial charge >= 0.3 is 0 Å². The molecule has 2 aliphatic heterocycles. The van der Waals surface area contributed by atoms with E-state index in [1.54, 1.807) is 7.11 Å². The summed E-state index contributed by atoms with van der Waals surface area (Å²) in [5.74, 6) is 1.63. The molecule has 2 aliphatic rings. The maximum Gasteiger partial charge on any atom is 0.161 e. The van der Waals surface area contributed by atoms with Crippen molar-refractivity contribution >= 4 is 0 Å². The lowest BCUT2D eigenvalue weighted by Crippen LogP contribution is -2.45. The highest BCUT2D eigenvalue weighted by Gasteiger charge is 2.25. The molecule has 0 aliphatic carbocycles. The summed E-state index contributed by atoms with van der Waals surface area (Å²) in [6.45, 7) is 6.54. The van der Waals surface area contributed by atoms with Gasteiger partial charge in [-0.05, 0) is 75.1 Å². The predicted molar refractivity (Wildman–Crippen MR) is 122 cm³/mol. The third-order valence-corrected chi connectivity index (χ3v) is 6.59. The first-order valence-corrected chi connectivity index (χ1v) is 11.6. The standard InChI is InChI=1S/C26H36N2O2/c1-29-25-12-11-23(19-26(25)30-21-22-9-5-4-6-10-22)20-27-17-13-24(14-18-27)28-15-7-2-3-8-16-28/h4-6,9-12,19,24H,2-3,7-8,13-18,20-21H2,1H3. The Morgan fingerprint density at radius 3 is 2.23 bits per heavy atom. The maximum absolute atomic E-state index is 6.10. The number of ether oxygens (including phenoxy) is 2. The summed E-state index contributed by atoms with van der Waals surface area (Å²) >= 11 is 0. The fourth-order valence-corrected chi connectivity index (χ4v) is 4.83. The van der Waals surface area contributed by atoms with Crippen LogP contribution in [0.4, 0.5) is 0 Å². The van der Waals surface area contributed by atoms with Gasteiger partial charge in [0.05, 0.1) is 7.11 Å². The number of nitrogens with zero attached hydrogens (tertiary/aromatic N) is 2. The second-order valence-electron chi connectivity index (χ2n) is 8.72. The van der Waals surface area contributed by atoms with Crippen molar-refractivity contribution in [2.24, 2.45) is 0 Å². The topological polar surface area (TPSA) is 24.9 Å². The highest BCUT2D eigenvalue weighted by atomic mass is 16.5. The van der Waals surface area contributed by atoms with Crippen LogP contribution < -0.4 is 9.47 Å². The lowest BCUT2D eigenvalue weighted by atomic mass is 10.0. The molecule has 0 spiro atoms. The van der Waals surface area contributed by atoms with Gasteiger partial charge in [-0.25, -0.2) is 0 Å². The molecule has 0 N–H and O–H groups in total. The highest BCUT2D eigenvalue weighted by molar-refractivity contribution is 5.43. The molecule has 2 aromatic carbocycles. The molecular weight excluding hydrogens is 372 g/mol. The second-order valence-corrected chi connectivity index (χ2v) is 8.72. The Kier molecular flexibility index (Phi) is 7.65. The summed E-state index contributed by atoms with van der Waals surface area (Å²) < 4.78 is 11.6. The average Bonchev–Trinajstić information content (AvgIpc) is 3.09. The molecule has 2 saturated heterocycles. The summed E-state index contributed by atoms with van der Waals surface area (Å²) in [4.78, 5) is 5.37. The van der Waals surface area contributed by atoms with Crippen LogP contribution in [0.5, 0.6) is 11.5 Å². The van der Waals surface area contributed by atoms with Gasteiger partial charge in [-0.1, -0.05) is 49.2 Å². The zero-order valence-corrected chi connectivity index (χ0v) is 18.4. The van der Waals surface area contributed by atoms with Gasteiger partial charge in [-0.3, -0.25) is 4.90 Å². The quantitative estimate of drug-likeness (QED) is 0.635. The Balaban J connectivity index is 1.32. The molecule has 2 heterocycles. The third kappa shape index (κ3) is 5.77. The van der Waals surface area contributed by atoms with E-state index in [9.17, 15) is 0 Å². The molecule has 4 rings (SSSR count). The average molecular weight is 409 g/mol. The van der Waals surface area contributed by atoms with E-state index in [0.29, 0.717) is 6.61 Å². The van der Waals surface area contributed by atoms with Gasteiger partial charge < -0.3 is 14.4 Å². The molecule has 0 atom stereocenters. The number of hydrogen-bond donors (Lipinski definition) is 0. The van der Waals surface area contributed by atoms with E-state index in [2.05, 4.69) is 34.1 Å². The van der Waals surface area contributed by atoms with Gasteiger partial charge in [-0.2, -0.15) is 0 Å². The normalized spacial score (nSPS) is 19.4. The minimum Gasteiger partial charge on any atom is -0.493 e. The molecule has 0 saturated carbocycles. The number of hydrogen-bond acceptors (Lipinski definition) is 4. The van der Waals surface area contributed by atoms with Crippen molar-refractivity contribution in [3.05, 3.63) is 59.7 Å². The molecule has 2 fully saturated rings. The van der Waals surface area contributed by atoms with Crippen molar-refractivity contribution < 1.29 is 9.47 Å². The van der Waals surface area contributed by atoms with Crippen LogP contribution in [0.2, 0.25) is 0 Å². The SMILES string of the molecule is COc1ccc(CN2CCC(N3CCCCCC3)CC2)cc1OCc1ccccc1. The Hall–Kier alpha value is -2.04. The van der Waals surface area contributed by atoms with E-state index < -0.39 is 0 Å². The summed E-state index contributed by atoms with van der Waals surface area (Å²) in [5.41, 5.74) is 2.47. The van der Waals surface area contributed by atoms with Gasteiger partial charge in [0.1, 0.15) is 6.61 Å². The molecule has 0 unspecified atom stereocenters. The minimum atomic E-state index is 0.557. The van der Waals surface area contributed by atoms with E-state index in [0.717, 1.165) is 24.1 Å². The Labute approximate surface area is 181 Å². The van der Waals surface area contributed by atoms with Crippen molar-refractivity contribution in [2.45, 2.75) is 57.7 Å². The van der Waals surface area contributed by atoms with E-state index in [1.165, 1.54) is 75.8 Å².